The molecule has 1 aromatic carbocycles. The molecule has 6 nitrogen and oxygen atoms in total. The molecule has 1 atom stereocenters. The minimum Gasteiger partial charge on any atom is -0.491 e. The zero-order chi connectivity index (χ0) is 17.8. The summed E-state index contributed by atoms with van der Waals surface area (Å²) in [5.74, 6) is 0.444. The molecule has 0 saturated carbocycles. The van der Waals surface area contributed by atoms with Crippen LogP contribution in [0.4, 0.5) is 5.69 Å². The Kier molecular flexibility index (Phi) is 4.99. The number of aromatic nitrogens is 2. The number of amides is 1. The third-order valence-corrected chi connectivity index (χ3v) is 5.05. The predicted octanol–water partition coefficient (Wildman–Crippen LogP) is 3.95. The number of ether oxygens (including phenoxy) is 2. The Labute approximate surface area is 155 Å². The van der Waals surface area contributed by atoms with Gasteiger partial charge in [-0.2, -0.15) is 5.10 Å². The van der Waals surface area contributed by atoms with Gasteiger partial charge in [0, 0.05) is 18.4 Å². The van der Waals surface area contributed by atoms with Crippen molar-refractivity contribution in [2.75, 3.05) is 18.5 Å². The lowest BCUT2D eigenvalue weighted by Crippen LogP contribution is -2.16. The summed E-state index contributed by atoms with van der Waals surface area (Å²) in [6.45, 7) is 1.34. The second kappa shape index (κ2) is 7.72. The molecule has 0 bridgehead atoms. The van der Waals surface area contributed by atoms with Crippen LogP contribution in [0.3, 0.4) is 0 Å². The van der Waals surface area contributed by atoms with Crippen molar-refractivity contribution in [3.05, 3.63) is 53.5 Å². The maximum absolute atomic E-state index is 12.4. The number of benzene rings is 1. The quantitative estimate of drug-likeness (QED) is 0.690. The molecular formula is C19H19N3O3S. The van der Waals surface area contributed by atoms with Gasteiger partial charge < -0.3 is 14.8 Å². The number of hydrogen-bond donors (Lipinski definition) is 2. The van der Waals surface area contributed by atoms with E-state index in [1.165, 1.54) is 0 Å². The Morgan fingerprint density at radius 2 is 2.31 bits per heavy atom. The smallest absolute Gasteiger partial charge is 0.276 e. The molecule has 7 heteroatoms. The van der Waals surface area contributed by atoms with E-state index in [1.54, 1.807) is 23.5 Å². The average molecular weight is 369 g/mol. The maximum atomic E-state index is 12.4. The first kappa shape index (κ1) is 16.8. The zero-order valence-corrected chi connectivity index (χ0v) is 14.9. The summed E-state index contributed by atoms with van der Waals surface area (Å²) in [7, 11) is 0. The number of H-pyrrole nitrogens is 1. The highest BCUT2D eigenvalue weighted by Crippen LogP contribution is 2.24. The van der Waals surface area contributed by atoms with Gasteiger partial charge in [-0.3, -0.25) is 9.89 Å². The molecule has 1 unspecified atom stereocenters. The number of nitrogens with zero attached hydrogens (tertiary/aromatic N) is 1. The van der Waals surface area contributed by atoms with Gasteiger partial charge in [0.05, 0.1) is 16.7 Å². The number of aromatic amines is 1. The third kappa shape index (κ3) is 3.95. The van der Waals surface area contributed by atoms with Crippen LogP contribution in [0.5, 0.6) is 5.75 Å². The van der Waals surface area contributed by atoms with E-state index in [1.807, 2.05) is 35.7 Å². The molecule has 1 fully saturated rings. The highest BCUT2D eigenvalue weighted by atomic mass is 32.1. The number of anilines is 1. The number of carbonyl (C=O) groups is 1. The molecular weight excluding hydrogens is 350 g/mol. The van der Waals surface area contributed by atoms with E-state index < -0.39 is 0 Å². The minimum atomic E-state index is -0.264. The van der Waals surface area contributed by atoms with Crippen molar-refractivity contribution in [1.29, 1.82) is 0 Å². The summed E-state index contributed by atoms with van der Waals surface area (Å²) in [5, 5.41) is 11.8. The van der Waals surface area contributed by atoms with E-state index in [4.69, 9.17) is 9.47 Å². The SMILES string of the molecule is O=C(Nc1cccc(OCC2CCCO2)c1)c1cc(-c2cccs2)[nH]n1. The monoisotopic (exact) mass is 369 g/mol. The van der Waals surface area contributed by atoms with E-state index in [-0.39, 0.29) is 12.0 Å². The molecule has 0 radical (unpaired) electrons. The number of carbonyl (C=O) groups excluding carboxylic acids is 1. The predicted molar refractivity (Wildman–Crippen MR) is 101 cm³/mol. The van der Waals surface area contributed by atoms with E-state index in [2.05, 4.69) is 15.5 Å². The molecule has 2 aromatic heterocycles. The summed E-state index contributed by atoms with van der Waals surface area (Å²) >= 11 is 1.59. The fraction of sp³-hybridized carbons (Fsp3) is 0.263. The lowest BCUT2D eigenvalue weighted by Gasteiger charge is -2.12. The summed E-state index contributed by atoms with van der Waals surface area (Å²) in [5.41, 5.74) is 1.85. The van der Waals surface area contributed by atoms with Gasteiger partial charge in [0.1, 0.15) is 12.4 Å². The first-order valence-electron chi connectivity index (χ1n) is 8.53. The zero-order valence-electron chi connectivity index (χ0n) is 14.1. The van der Waals surface area contributed by atoms with Gasteiger partial charge in [-0.25, -0.2) is 0 Å². The second-order valence-corrected chi connectivity index (χ2v) is 7.02. The van der Waals surface area contributed by atoms with Crippen LogP contribution in [-0.4, -0.2) is 35.4 Å². The fourth-order valence-corrected chi connectivity index (χ4v) is 3.51. The normalized spacial score (nSPS) is 16.5. The molecule has 4 rings (SSSR count). The Morgan fingerprint density at radius 3 is 3.12 bits per heavy atom. The first-order valence-corrected chi connectivity index (χ1v) is 9.41. The van der Waals surface area contributed by atoms with Gasteiger partial charge in [0.25, 0.3) is 5.91 Å². The van der Waals surface area contributed by atoms with Gasteiger partial charge in [0.2, 0.25) is 0 Å². The fourth-order valence-electron chi connectivity index (χ4n) is 2.82. The molecule has 26 heavy (non-hydrogen) atoms. The lowest BCUT2D eigenvalue weighted by atomic mass is 10.2. The van der Waals surface area contributed by atoms with Gasteiger partial charge in [0.15, 0.2) is 5.69 Å². The second-order valence-electron chi connectivity index (χ2n) is 6.07. The molecule has 3 aromatic rings. The molecule has 3 heterocycles. The number of rotatable bonds is 6. The van der Waals surface area contributed by atoms with Crippen LogP contribution in [0.1, 0.15) is 23.3 Å². The van der Waals surface area contributed by atoms with Crippen molar-refractivity contribution in [3.63, 3.8) is 0 Å². The molecule has 1 amide bonds. The summed E-state index contributed by atoms with van der Waals surface area (Å²) in [4.78, 5) is 13.5. The van der Waals surface area contributed by atoms with Gasteiger partial charge >= 0.3 is 0 Å². The van der Waals surface area contributed by atoms with E-state index >= 15 is 0 Å². The van der Waals surface area contributed by atoms with Gasteiger partial charge in [-0.1, -0.05) is 12.1 Å². The van der Waals surface area contributed by atoms with E-state index in [9.17, 15) is 4.79 Å². The molecule has 2 N–H and O–H groups in total. The van der Waals surface area contributed by atoms with Crippen LogP contribution in [0.2, 0.25) is 0 Å². The van der Waals surface area contributed by atoms with Crippen molar-refractivity contribution in [2.45, 2.75) is 18.9 Å². The van der Waals surface area contributed by atoms with Crippen LogP contribution in [0, 0.1) is 0 Å². The van der Waals surface area contributed by atoms with E-state index in [0.29, 0.717) is 23.7 Å². The van der Waals surface area contributed by atoms with Crippen molar-refractivity contribution in [1.82, 2.24) is 10.2 Å². The minimum absolute atomic E-state index is 0.160. The Bertz CT molecular complexity index is 870. The van der Waals surface area contributed by atoms with Crippen LogP contribution in [0.25, 0.3) is 10.6 Å². The standard InChI is InChI=1S/C19H19N3O3S/c23-19(17-11-16(21-22-17)18-7-3-9-26-18)20-13-4-1-5-14(10-13)25-12-15-6-2-8-24-15/h1,3-5,7,9-11,15H,2,6,8,12H2,(H,20,23)(H,21,22). The third-order valence-electron chi connectivity index (χ3n) is 4.15. The van der Waals surface area contributed by atoms with Crippen molar-refractivity contribution in [2.24, 2.45) is 0 Å². The number of hydrogen-bond acceptors (Lipinski definition) is 5. The van der Waals surface area contributed by atoms with Crippen LogP contribution < -0.4 is 10.1 Å². The van der Waals surface area contributed by atoms with Crippen molar-refractivity contribution < 1.29 is 14.3 Å². The molecule has 0 spiro atoms. The van der Waals surface area contributed by atoms with Gasteiger partial charge in [-0.05, 0) is 42.5 Å². The average Bonchev–Trinajstić information content (AvgIpc) is 3.42. The summed E-state index contributed by atoms with van der Waals surface area (Å²) < 4.78 is 11.3. The Hall–Kier alpha value is -2.64. The molecule has 1 aliphatic heterocycles. The summed E-state index contributed by atoms with van der Waals surface area (Å²) in [6, 6.07) is 13.0. The van der Waals surface area contributed by atoms with Gasteiger partial charge in [-0.15, -0.1) is 11.3 Å². The van der Waals surface area contributed by atoms with Crippen LogP contribution in [0.15, 0.2) is 47.8 Å². The largest absolute Gasteiger partial charge is 0.491 e. The lowest BCUT2D eigenvalue weighted by molar-refractivity contribution is 0.0680. The molecule has 1 saturated heterocycles. The van der Waals surface area contributed by atoms with Crippen LogP contribution >= 0.6 is 11.3 Å². The molecule has 1 aliphatic rings. The van der Waals surface area contributed by atoms with Crippen molar-refractivity contribution in [3.8, 4) is 16.3 Å². The maximum Gasteiger partial charge on any atom is 0.276 e. The van der Waals surface area contributed by atoms with Crippen LogP contribution in [-0.2, 0) is 4.74 Å². The topological polar surface area (TPSA) is 76.2 Å². The number of thiophene rings is 1. The highest BCUT2D eigenvalue weighted by Gasteiger charge is 2.16. The Balaban J connectivity index is 1.38. The van der Waals surface area contributed by atoms with E-state index in [0.717, 1.165) is 30.0 Å². The first-order chi connectivity index (χ1) is 12.8. The highest BCUT2D eigenvalue weighted by molar-refractivity contribution is 7.13. The summed E-state index contributed by atoms with van der Waals surface area (Å²) in [6.07, 6.45) is 2.27. The number of nitrogens with one attached hydrogen (secondary N) is 2. The Morgan fingerprint density at radius 1 is 1.35 bits per heavy atom. The molecule has 134 valence electrons. The van der Waals surface area contributed by atoms with Crippen molar-refractivity contribution >= 4 is 22.9 Å². The molecule has 0 aliphatic carbocycles.